The zero-order valence-corrected chi connectivity index (χ0v) is 12.6. The van der Waals surface area contributed by atoms with E-state index in [1.165, 1.54) is 11.3 Å². The summed E-state index contributed by atoms with van der Waals surface area (Å²) in [5.74, 6) is 0. The molecule has 0 radical (unpaired) electrons. The van der Waals surface area contributed by atoms with Crippen LogP contribution >= 0.6 is 0 Å². The summed E-state index contributed by atoms with van der Waals surface area (Å²) >= 11 is 0. The molecule has 2 aromatic carbocycles. The van der Waals surface area contributed by atoms with Crippen LogP contribution in [0.1, 0.15) is 11.1 Å². The Balaban J connectivity index is 2.05. The molecule has 0 aliphatic carbocycles. The van der Waals surface area contributed by atoms with Crippen molar-refractivity contribution in [3.05, 3.63) is 53.6 Å². The molecule has 0 saturated heterocycles. The Morgan fingerprint density at radius 1 is 1.10 bits per heavy atom. The monoisotopic (exact) mass is 285 g/mol. The first-order valence-corrected chi connectivity index (χ1v) is 7.09. The second-order valence-corrected chi connectivity index (χ2v) is 5.30. The lowest BCUT2D eigenvalue weighted by atomic mass is 10.1. The second kappa shape index (κ2) is 6.99. The third kappa shape index (κ3) is 4.13. The van der Waals surface area contributed by atoms with Crippen molar-refractivity contribution in [2.75, 3.05) is 36.7 Å². The molecule has 0 saturated carbocycles. The van der Waals surface area contributed by atoms with Gasteiger partial charge >= 0.3 is 0 Å². The summed E-state index contributed by atoms with van der Waals surface area (Å²) in [5, 5.41) is 12.5. The molecule has 4 nitrogen and oxygen atoms in total. The molecule has 0 aromatic heterocycles. The van der Waals surface area contributed by atoms with Crippen LogP contribution in [0.15, 0.2) is 42.5 Å². The van der Waals surface area contributed by atoms with Crippen LogP contribution in [0, 0.1) is 0 Å². The van der Waals surface area contributed by atoms with Crippen LogP contribution in [0.4, 0.5) is 17.1 Å². The zero-order valence-electron chi connectivity index (χ0n) is 12.6. The summed E-state index contributed by atoms with van der Waals surface area (Å²) in [6.07, 6.45) is 0.604. The SMILES string of the molecule is CN(C)c1ccc(CNc2ccc(N)cc2CCO)cc1. The minimum Gasteiger partial charge on any atom is -0.399 e. The van der Waals surface area contributed by atoms with Gasteiger partial charge in [0.2, 0.25) is 0 Å². The van der Waals surface area contributed by atoms with Crippen LogP contribution in [0.25, 0.3) is 0 Å². The van der Waals surface area contributed by atoms with Crippen LogP contribution in [0.3, 0.4) is 0 Å². The van der Waals surface area contributed by atoms with E-state index >= 15 is 0 Å². The van der Waals surface area contributed by atoms with E-state index in [1.807, 2.05) is 32.3 Å². The van der Waals surface area contributed by atoms with Gasteiger partial charge in [0.05, 0.1) is 0 Å². The van der Waals surface area contributed by atoms with Gasteiger partial charge in [0.25, 0.3) is 0 Å². The van der Waals surface area contributed by atoms with E-state index in [0.717, 1.165) is 23.5 Å². The van der Waals surface area contributed by atoms with E-state index in [0.29, 0.717) is 6.42 Å². The number of aliphatic hydroxyl groups is 1. The number of anilines is 3. The second-order valence-electron chi connectivity index (χ2n) is 5.30. The third-order valence-electron chi connectivity index (χ3n) is 3.45. The van der Waals surface area contributed by atoms with E-state index in [2.05, 4.69) is 34.5 Å². The fraction of sp³-hybridized carbons (Fsp3) is 0.294. The fourth-order valence-corrected chi connectivity index (χ4v) is 2.22. The Morgan fingerprint density at radius 3 is 2.43 bits per heavy atom. The van der Waals surface area contributed by atoms with Crippen molar-refractivity contribution in [3.63, 3.8) is 0 Å². The standard InChI is InChI=1S/C17H23N3O/c1-20(2)16-6-3-13(4-7-16)12-19-17-8-5-15(18)11-14(17)9-10-21/h3-8,11,19,21H,9-10,12,18H2,1-2H3. The summed E-state index contributed by atoms with van der Waals surface area (Å²) < 4.78 is 0. The molecule has 0 fully saturated rings. The van der Waals surface area contributed by atoms with Gasteiger partial charge in [-0.2, -0.15) is 0 Å². The molecular weight excluding hydrogens is 262 g/mol. The number of hydrogen-bond acceptors (Lipinski definition) is 4. The summed E-state index contributed by atoms with van der Waals surface area (Å²) in [6.45, 7) is 0.867. The van der Waals surface area contributed by atoms with E-state index in [9.17, 15) is 0 Å². The van der Waals surface area contributed by atoms with Gasteiger partial charge in [-0.3, -0.25) is 0 Å². The Hall–Kier alpha value is -2.20. The first-order valence-electron chi connectivity index (χ1n) is 7.09. The van der Waals surface area contributed by atoms with Crippen molar-refractivity contribution in [2.45, 2.75) is 13.0 Å². The predicted molar refractivity (Wildman–Crippen MR) is 89.7 cm³/mol. The highest BCUT2D eigenvalue weighted by molar-refractivity contribution is 5.58. The van der Waals surface area contributed by atoms with Crippen molar-refractivity contribution in [3.8, 4) is 0 Å². The molecular formula is C17H23N3O. The van der Waals surface area contributed by atoms with Gasteiger partial charge in [-0.1, -0.05) is 12.1 Å². The highest BCUT2D eigenvalue weighted by atomic mass is 16.2. The van der Waals surface area contributed by atoms with Crippen molar-refractivity contribution in [2.24, 2.45) is 0 Å². The van der Waals surface area contributed by atoms with Gasteiger partial charge in [-0.05, 0) is 47.9 Å². The quantitative estimate of drug-likeness (QED) is 0.714. The van der Waals surface area contributed by atoms with E-state index < -0.39 is 0 Å². The molecule has 4 N–H and O–H groups in total. The lowest BCUT2D eigenvalue weighted by Crippen LogP contribution is -2.09. The lowest BCUT2D eigenvalue weighted by molar-refractivity contribution is 0.300. The minimum atomic E-state index is 0.121. The van der Waals surface area contributed by atoms with Crippen molar-refractivity contribution in [1.29, 1.82) is 0 Å². The number of nitrogens with two attached hydrogens (primary N) is 1. The van der Waals surface area contributed by atoms with Crippen LogP contribution in [0.2, 0.25) is 0 Å². The minimum absolute atomic E-state index is 0.121. The van der Waals surface area contributed by atoms with E-state index in [4.69, 9.17) is 10.8 Å². The van der Waals surface area contributed by atoms with E-state index in [1.54, 1.807) is 0 Å². The van der Waals surface area contributed by atoms with Crippen LogP contribution in [-0.2, 0) is 13.0 Å². The smallest absolute Gasteiger partial charge is 0.0472 e. The molecule has 0 heterocycles. The molecule has 0 aliphatic rings. The first kappa shape index (κ1) is 15.2. The van der Waals surface area contributed by atoms with Crippen molar-refractivity contribution < 1.29 is 5.11 Å². The van der Waals surface area contributed by atoms with Crippen LogP contribution in [0.5, 0.6) is 0 Å². The first-order chi connectivity index (χ1) is 10.1. The van der Waals surface area contributed by atoms with Gasteiger partial charge in [0, 0.05) is 44.3 Å². The summed E-state index contributed by atoms with van der Waals surface area (Å²) in [4.78, 5) is 2.08. The van der Waals surface area contributed by atoms with Crippen LogP contribution in [-0.4, -0.2) is 25.8 Å². The maximum atomic E-state index is 9.13. The van der Waals surface area contributed by atoms with Gasteiger partial charge in [0.15, 0.2) is 0 Å². The lowest BCUT2D eigenvalue weighted by Gasteiger charge is -2.14. The molecule has 0 spiro atoms. The number of hydrogen-bond donors (Lipinski definition) is 3. The maximum Gasteiger partial charge on any atom is 0.0472 e. The molecule has 4 heteroatoms. The Labute approximate surface area is 126 Å². The predicted octanol–water partition coefficient (Wildman–Crippen LogP) is 2.48. The Morgan fingerprint density at radius 2 is 1.81 bits per heavy atom. The third-order valence-corrected chi connectivity index (χ3v) is 3.45. The average molecular weight is 285 g/mol. The largest absolute Gasteiger partial charge is 0.399 e. The maximum absolute atomic E-state index is 9.13. The number of aliphatic hydroxyl groups excluding tert-OH is 1. The van der Waals surface area contributed by atoms with Crippen LogP contribution < -0.4 is 16.0 Å². The molecule has 0 atom stereocenters. The molecule has 2 aromatic rings. The summed E-state index contributed by atoms with van der Waals surface area (Å²) in [5.41, 5.74) is 11.0. The molecule has 0 amide bonds. The van der Waals surface area contributed by atoms with Crippen molar-refractivity contribution >= 4 is 17.1 Å². The molecule has 112 valence electrons. The van der Waals surface area contributed by atoms with E-state index in [-0.39, 0.29) is 6.61 Å². The molecule has 0 unspecified atom stereocenters. The topological polar surface area (TPSA) is 61.5 Å². The Kier molecular flexibility index (Phi) is 5.06. The number of nitrogen functional groups attached to an aromatic ring is 1. The molecule has 2 rings (SSSR count). The normalized spacial score (nSPS) is 10.4. The number of nitrogens with zero attached hydrogens (tertiary/aromatic N) is 1. The summed E-state index contributed by atoms with van der Waals surface area (Å²) in [7, 11) is 4.06. The highest BCUT2D eigenvalue weighted by Crippen LogP contribution is 2.21. The molecule has 0 aliphatic heterocycles. The fourth-order valence-electron chi connectivity index (χ4n) is 2.22. The average Bonchev–Trinajstić information content (AvgIpc) is 2.47. The molecule has 0 bridgehead atoms. The van der Waals surface area contributed by atoms with Gasteiger partial charge in [-0.25, -0.2) is 0 Å². The van der Waals surface area contributed by atoms with Gasteiger partial charge < -0.3 is 21.1 Å². The number of nitrogens with one attached hydrogen (secondary N) is 1. The number of benzene rings is 2. The summed E-state index contributed by atoms with van der Waals surface area (Å²) in [6, 6.07) is 14.2. The van der Waals surface area contributed by atoms with Crippen molar-refractivity contribution in [1.82, 2.24) is 0 Å². The zero-order chi connectivity index (χ0) is 15.2. The van der Waals surface area contributed by atoms with Gasteiger partial charge in [0.1, 0.15) is 0 Å². The highest BCUT2D eigenvalue weighted by Gasteiger charge is 2.03. The Bertz CT molecular complexity index is 579. The molecule has 21 heavy (non-hydrogen) atoms. The van der Waals surface area contributed by atoms with Gasteiger partial charge in [-0.15, -0.1) is 0 Å². The number of rotatable bonds is 6.